The first-order valence-electron chi connectivity index (χ1n) is 12.6. The molecule has 0 aliphatic rings. The number of amides is 4. The van der Waals surface area contributed by atoms with Gasteiger partial charge < -0.3 is 54.0 Å². The Balaban J connectivity index is 2.15. The summed E-state index contributed by atoms with van der Waals surface area (Å²) in [7, 11) is 0. The summed E-state index contributed by atoms with van der Waals surface area (Å²) in [5, 5.41) is 17.0. The number of carboxylic acid groups (broad SMARTS) is 1. The van der Waals surface area contributed by atoms with Gasteiger partial charge in [0.2, 0.25) is 23.6 Å². The molecule has 4 unspecified atom stereocenters. The van der Waals surface area contributed by atoms with Crippen LogP contribution in [-0.4, -0.2) is 91.3 Å². The molecule has 41 heavy (non-hydrogen) atoms. The number of carbonyl (C=O) groups excluding carboxylic acids is 4. The number of aliphatic imine (C=N–C) groups is 1. The van der Waals surface area contributed by atoms with Crippen LogP contribution in [0.2, 0.25) is 0 Å². The molecule has 0 spiro atoms. The predicted octanol–water partition coefficient (Wildman–Crippen LogP) is -3.90. The van der Waals surface area contributed by atoms with E-state index in [1.807, 2.05) is 0 Å². The van der Waals surface area contributed by atoms with Gasteiger partial charge >= 0.3 is 5.97 Å². The average Bonchev–Trinajstić information content (AvgIpc) is 3.61. The predicted molar refractivity (Wildman–Crippen MR) is 144 cm³/mol. The fourth-order valence-electron chi connectivity index (χ4n) is 3.69. The number of guanidine groups is 1. The number of rotatable bonds is 18. The van der Waals surface area contributed by atoms with Crippen molar-refractivity contribution < 1.29 is 29.1 Å². The van der Waals surface area contributed by atoms with Gasteiger partial charge in [-0.3, -0.25) is 24.2 Å². The van der Waals surface area contributed by atoms with E-state index in [1.54, 1.807) is 0 Å². The summed E-state index contributed by atoms with van der Waals surface area (Å²) in [4.78, 5) is 79.6. The highest BCUT2D eigenvalue weighted by molar-refractivity contribution is 5.94. The van der Waals surface area contributed by atoms with E-state index in [0.717, 1.165) is 0 Å². The van der Waals surface area contributed by atoms with Gasteiger partial charge in [0, 0.05) is 49.6 Å². The van der Waals surface area contributed by atoms with Crippen molar-refractivity contribution in [1.82, 2.24) is 35.9 Å². The summed E-state index contributed by atoms with van der Waals surface area (Å²) >= 11 is 0. The highest BCUT2D eigenvalue weighted by Crippen LogP contribution is 2.06. The molecule has 0 saturated carbocycles. The van der Waals surface area contributed by atoms with Gasteiger partial charge in [0.1, 0.15) is 18.1 Å². The highest BCUT2D eigenvalue weighted by atomic mass is 16.4. The molecule has 0 aromatic carbocycles. The highest BCUT2D eigenvalue weighted by Gasteiger charge is 2.31. The van der Waals surface area contributed by atoms with E-state index < -0.39 is 53.8 Å². The quantitative estimate of drug-likeness (QED) is 0.0464. The Kier molecular flexibility index (Phi) is 12.7. The maximum Gasteiger partial charge on any atom is 0.326 e. The third-order valence-electron chi connectivity index (χ3n) is 5.82. The Morgan fingerprint density at radius 2 is 1.39 bits per heavy atom. The maximum atomic E-state index is 13.3. The number of aliphatic carboxylic acids is 1. The van der Waals surface area contributed by atoms with Crippen LogP contribution in [0.25, 0.3) is 0 Å². The SMILES string of the molecule is NC(=O)CCC(NC(=O)C(Cc1cnc[nH]1)NC(=O)C(N)Cc1cnc[nH]1)C(=O)NC(CCCN=C(N)N)C(=O)O. The van der Waals surface area contributed by atoms with Crippen molar-refractivity contribution in [3.05, 3.63) is 36.4 Å². The fraction of sp³-hybridized carbons (Fsp3) is 0.478. The van der Waals surface area contributed by atoms with E-state index in [4.69, 9.17) is 22.9 Å². The van der Waals surface area contributed by atoms with Gasteiger partial charge in [-0.05, 0) is 19.3 Å². The van der Waals surface area contributed by atoms with E-state index in [1.165, 1.54) is 25.0 Å². The largest absolute Gasteiger partial charge is 0.480 e. The second kappa shape index (κ2) is 16.2. The van der Waals surface area contributed by atoms with Crippen LogP contribution >= 0.6 is 0 Å². The molecule has 0 aliphatic heterocycles. The number of aromatic amines is 2. The minimum Gasteiger partial charge on any atom is -0.480 e. The van der Waals surface area contributed by atoms with Crippen LogP contribution in [0, 0.1) is 0 Å². The molecular formula is C23H36N12O6. The number of aromatic nitrogens is 4. The lowest BCUT2D eigenvalue weighted by Gasteiger charge is -2.25. The lowest BCUT2D eigenvalue weighted by atomic mass is 10.1. The molecule has 4 amide bonds. The topological polar surface area (TPSA) is 315 Å². The number of carboxylic acids is 1. The Morgan fingerprint density at radius 3 is 1.93 bits per heavy atom. The first kappa shape index (κ1) is 32.2. The smallest absolute Gasteiger partial charge is 0.326 e. The van der Waals surface area contributed by atoms with Gasteiger partial charge in [0.15, 0.2) is 5.96 Å². The van der Waals surface area contributed by atoms with Crippen LogP contribution in [0.15, 0.2) is 30.0 Å². The summed E-state index contributed by atoms with van der Waals surface area (Å²) in [6.07, 6.45) is 5.58. The molecule has 2 rings (SSSR count). The van der Waals surface area contributed by atoms with Gasteiger partial charge in [-0.15, -0.1) is 0 Å². The van der Waals surface area contributed by atoms with Crippen molar-refractivity contribution in [1.29, 1.82) is 0 Å². The number of H-pyrrole nitrogens is 2. The molecule has 0 bridgehead atoms. The maximum absolute atomic E-state index is 13.3. The molecule has 2 heterocycles. The Hall–Kier alpha value is -5.00. The standard InChI is InChI=1S/C23H36N12O6/c24-14(6-12-8-28-10-31-12)19(37)35-17(7-13-9-29-11-32-13)21(39)33-15(3-4-18(25)36)20(38)34-16(22(40)41)2-1-5-30-23(26)27/h8-11,14-17H,1-7,24H2,(H2,25,36)(H,28,31)(H,29,32)(H,33,39)(H,34,38)(H,35,37)(H,40,41)(H4,26,27,30). The molecule has 0 saturated heterocycles. The Bertz CT molecular complexity index is 1180. The lowest BCUT2D eigenvalue weighted by Crippen LogP contribution is -2.58. The summed E-state index contributed by atoms with van der Waals surface area (Å²) in [5.41, 5.74) is 22.9. The van der Waals surface area contributed by atoms with E-state index >= 15 is 0 Å². The van der Waals surface area contributed by atoms with Gasteiger partial charge in [-0.25, -0.2) is 14.8 Å². The number of hydrogen-bond acceptors (Lipinski definition) is 9. The van der Waals surface area contributed by atoms with Crippen LogP contribution in [0.3, 0.4) is 0 Å². The van der Waals surface area contributed by atoms with Crippen LogP contribution < -0.4 is 38.9 Å². The first-order valence-corrected chi connectivity index (χ1v) is 12.6. The van der Waals surface area contributed by atoms with Crippen molar-refractivity contribution in [3.63, 3.8) is 0 Å². The zero-order valence-electron chi connectivity index (χ0n) is 22.2. The Morgan fingerprint density at radius 1 is 0.829 bits per heavy atom. The lowest BCUT2D eigenvalue weighted by molar-refractivity contribution is -0.142. The molecule has 4 atom stereocenters. The summed E-state index contributed by atoms with van der Waals surface area (Å²) in [6, 6.07) is -4.92. The fourth-order valence-corrected chi connectivity index (χ4v) is 3.69. The normalized spacial score (nSPS) is 13.7. The van der Waals surface area contributed by atoms with Crippen molar-refractivity contribution in [2.24, 2.45) is 27.9 Å². The molecule has 18 nitrogen and oxygen atoms in total. The van der Waals surface area contributed by atoms with Crippen LogP contribution in [0.4, 0.5) is 0 Å². The van der Waals surface area contributed by atoms with Crippen LogP contribution in [-0.2, 0) is 36.8 Å². The first-order chi connectivity index (χ1) is 19.5. The molecule has 2 aromatic heterocycles. The monoisotopic (exact) mass is 576 g/mol. The second-order valence-corrected chi connectivity index (χ2v) is 9.14. The summed E-state index contributed by atoms with van der Waals surface area (Å²) in [5.74, 6) is -4.52. The number of carbonyl (C=O) groups is 5. The van der Waals surface area contributed by atoms with Crippen molar-refractivity contribution in [2.75, 3.05) is 6.54 Å². The van der Waals surface area contributed by atoms with Gasteiger partial charge in [-0.2, -0.15) is 0 Å². The number of primary amides is 1. The van der Waals surface area contributed by atoms with Crippen molar-refractivity contribution in [3.8, 4) is 0 Å². The number of nitrogens with two attached hydrogens (primary N) is 4. The van der Waals surface area contributed by atoms with E-state index in [0.29, 0.717) is 11.4 Å². The second-order valence-electron chi connectivity index (χ2n) is 9.14. The minimum absolute atomic E-state index is 0.0128. The van der Waals surface area contributed by atoms with E-state index in [9.17, 15) is 29.1 Å². The molecule has 14 N–H and O–H groups in total. The molecule has 0 aliphatic carbocycles. The number of imidazole rings is 2. The third-order valence-corrected chi connectivity index (χ3v) is 5.82. The van der Waals surface area contributed by atoms with Crippen LogP contribution in [0.5, 0.6) is 0 Å². The average molecular weight is 577 g/mol. The number of nitrogens with one attached hydrogen (secondary N) is 5. The molecule has 18 heteroatoms. The minimum atomic E-state index is -1.35. The molecule has 0 fully saturated rings. The van der Waals surface area contributed by atoms with E-state index in [2.05, 4.69) is 40.9 Å². The van der Waals surface area contributed by atoms with Crippen LogP contribution in [0.1, 0.15) is 37.1 Å². The van der Waals surface area contributed by atoms with Gasteiger partial charge in [0.05, 0.1) is 18.7 Å². The van der Waals surface area contributed by atoms with Gasteiger partial charge in [-0.1, -0.05) is 0 Å². The van der Waals surface area contributed by atoms with Crippen molar-refractivity contribution in [2.45, 2.75) is 62.7 Å². The van der Waals surface area contributed by atoms with Gasteiger partial charge in [0.25, 0.3) is 0 Å². The molecule has 224 valence electrons. The number of nitrogens with zero attached hydrogens (tertiary/aromatic N) is 3. The molecular weight excluding hydrogens is 540 g/mol. The van der Waals surface area contributed by atoms with E-state index in [-0.39, 0.29) is 51.0 Å². The third kappa shape index (κ3) is 11.7. The molecule has 0 radical (unpaired) electrons. The zero-order valence-corrected chi connectivity index (χ0v) is 22.2. The molecule has 2 aromatic rings. The zero-order chi connectivity index (χ0) is 30.4. The summed E-state index contributed by atoms with van der Waals surface area (Å²) in [6.45, 7) is 0.140. The number of hydrogen-bond donors (Lipinski definition) is 10. The Labute approximate surface area is 234 Å². The van der Waals surface area contributed by atoms with Crippen molar-refractivity contribution >= 4 is 35.6 Å². The summed E-state index contributed by atoms with van der Waals surface area (Å²) < 4.78 is 0.